The second kappa shape index (κ2) is 4.38. The summed E-state index contributed by atoms with van der Waals surface area (Å²) in [6.07, 6.45) is 1.56. The molecule has 1 amide bonds. The van der Waals surface area contributed by atoms with E-state index in [1.165, 1.54) is 12.1 Å². The number of nitrogens with one attached hydrogen (secondary N) is 1. The van der Waals surface area contributed by atoms with Crippen LogP contribution in [0, 0.1) is 22.5 Å². The van der Waals surface area contributed by atoms with Crippen LogP contribution in [0.5, 0.6) is 0 Å². The highest BCUT2D eigenvalue weighted by molar-refractivity contribution is 5.98. The highest BCUT2D eigenvalue weighted by Gasteiger charge is 2.48. The van der Waals surface area contributed by atoms with Crippen molar-refractivity contribution in [3.8, 4) is 0 Å². The number of rotatable bonds is 4. The number of non-ortho nitro benzene ring substituents is 1. The van der Waals surface area contributed by atoms with E-state index in [1.807, 2.05) is 0 Å². The summed E-state index contributed by atoms with van der Waals surface area (Å²) in [5.41, 5.74) is 6.35. The predicted molar refractivity (Wildman–Crippen MR) is 67.2 cm³/mol. The van der Waals surface area contributed by atoms with E-state index >= 15 is 0 Å². The second-order valence-corrected chi connectivity index (χ2v) is 4.69. The van der Waals surface area contributed by atoms with Crippen LogP contribution in [-0.2, 0) is 4.79 Å². The molecular formula is C12H15N3O3. The number of hydrogen-bond donors (Lipinski definition) is 2. The van der Waals surface area contributed by atoms with Gasteiger partial charge in [0.15, 0.2) is 0 Å². The van der Waals surface area contributed by atoms with Crippen molar-refractivity contribution in [2.75, 3.05) is 11.9 Å². The van der Waals surface area contributed by atoms with Gasteiger partial charge in [0.25, 0.3) is 5.69 Å². The Kier molecular flexibility index (Phi) is 3.04. The first-order valence-electron chi connectivity index (χ1n) is 5.75. The molecule has 1 aliphatic carbocycles. The van der Waals surface area contributed by atoms with Crippen molar-refractivity contribution in [1.29, 1.82) is 0 Å². The monoisotopic (exact) mass is 249 g/mol. The summed E-state index contributed by atoms with van der Waals surface area (Å²) < 4.78 is 0. The van der Waals surface area contributed by atoms with Crippen LogP contribution < -0.4 is 11.1 Å². The Bertz CT molecular complexity index is 509. The van der Waals surface area contributed by atoms with Gasteiger partial charge in [-0.1, -0.05) is 6.07 Å². The Labute approximate surface area is 104 Å². The molecule has 0 bridgehead atoms. The van der Waals surface area contributed by atoms with E-state index in [-0.39, 0.29) is 11.6 Å². The lowest BCUT2D eigenvalue weighted by atomic mass is 10.1. The number of nitro groups is 1. The molecule has 6 nitrogen and oxygen atoms in total. The standard InChI is InChI=1S/C12H15N3O3/c1-8-2-3-9(15(17)18)6-10(8)14-11(16)12(7-13)4-5-12/h2-3,6H,4-5,7,13H2,1H3,(H,14,16). The van der Waals surface area contributed by atoms with E-state index < -0.39 is 10.3 Å². The third kappa shape index (κ3) is 2.19. The smallest absolute Gasteiger partial charge is 0.271 e. The normalized spacial score (nSPS) is 16.1. The Morgan fingerprint density at radius 3 is 2.72 bits per heavy atom. The molecule has 1 aromatic rings. The van der Waals surface area contributed by atoms with E-state index in [9.17, 15) is 14.9 Å². The van der Waals surface area contributed by atoms with Gasteiger partial charge >= 0.3 is 0 Å². The fourth-order valence-corrected chi connectivity index (χ4v) is 1.79. The molecule has 0 saturated heterocycles. The quantitative estimate of drug-likeness (QED) is 0.625. The number of carbonyl (C=O) groups excluding carboxylic acids is 1. The van der Waals surface area contributed by atoms with Gasteiger partial charge < -0.3 is 11.1 Å². The van der Waals surface area contributed by atoms with Crippen LogP contribution in [0.25, 0.3) is 0 Å². The van der Waals surface area contributed by atoms with Gasteiger partial charge in [-0.15, -0.1) is 0 Å². The molecule has 0 atom stereocenters. The highest BCUT2D eigenvalue weighted by Crippen LogP contribution is 2.45. The Morgan fingerprint density at radius 1 is 1.56 bits per heavy atom. The van der Waals surface area contributed by atoms with Gasteiger partial charge in [0.1, 0.15) is 0 Å². The van der Waals surface area contributed by atoms with Gasteiger partial charge in [-0.2, -0.15) is 0 Å². The lowest BCUT2D eigenvalue weighted by Gasteiger charge is -2.14. The SMILES string of the molecule is Cc1ccc([N+](=O)[O-])cc1NC(=O)C1(CN)CC1. The number of nitrogens with two attached hydrogens (primary N) is 1. The molecule has 6 heteroatoms. The molecule has 0 aromatic heterocycles. The number of aryl methyl sites for hydroxylation is 1. The maximum absolute atomic E-state index is 12.0. The van der Waals surface area contributed by atoms with Crippen molar-refractivity contribution in [2.24, 2.45) is 11.1 Å². The molecule has 96 valence electrons. The molecule has 2 rings (SSSR count). The number of hydrogen-bond acceptors (Lipinski definition) is 4. The fourth-order valence-electron chi connectivity index (χ4n) is 1.79. The van der Waals surface area contributed by atoms with Crippen molar-refractivity contribution in [3.63, 3.8) is 0 Å². The average molecular weight is 249 g/mol. The van der Waals surface area contributed by atoms with Crippen molar-refractivity contribution in [3.05, 3.63) is 33.9 Å². The summed E-state index contributed by atoms with van der Waals surface area (Å²) >= 11 is 0. The molecule has 18 heavy (non-hydrogen) atoms. The van der Waals surface area contributed by atoms with E-state index in [0.29, 0.717) is 12.2 Å². The number of nitro benzene ring substituents is 1. The van der Waals surface area contributed by atoms with Crippen LogP contribution >= 0.6 is 0 Å². The van der Waals surface area contributed by atoms with Gasteiger partial charge in [-0.3, -0.25) is 14.9 Å². The minimum atomic E-state index is -0.481. The summed E-state index contributed by atoms with van der Waals surface area (Å²) in [5.74, 6) is -0.145. The average Bonchev–Trinajstić information content (AvgIpc) is 3.12. The molecule has 0 heterocycles. The lowest BCUT2D eigenvalue weighted by molar-refractivity contribution is -0.384. The molecular weight excluding hydrogens is 234 g/mol. The van der Waals surface area contributed by atoms with E-state index in [2.05, 4.69) is 5.32 Å². The van der Waals surface area contributed by atoms with E-state index in [1.54, 1.807) is 13.0 Å². The van der Waals surface area contributed by atoms with E-state index in [0.717, 1.165) is 18.4 Å². The van der Waals surface area contributed by atoms with Gasteiger partial charge in [0, 0.05) is 18.7 Å². The number of carbonyl (C=O) groups is 1. The maximum atomic E-state index is 12.0. The maximum Gasteiger partial charge on any atom is 0.271 e. The molecule has 0 radical (unpaired) electrons. The molecule has 0 aliphatic heterocycles. The van der Waals surface area contributed by atoms with Crippen LogP contribution in [0.2, 0.25) is 0 Å². The molecule has 1 aliphatic rings. The lowest BCUT2D eigenvalue weighted by Crippen LogP contribution is -2.31. The van der Waals surface area contributed by atoms with Gasteiger partial charge in [-0.25, -0.2) is 0 Å². The third-order valence-electron chi connectivity index (χ3n) is 3.41. The second-order valence-electron chi connectivity index (χ2n) is 4.69. The first-order valence-corrected chi connectivity index (χ1v) is 5.75. The topological polar surface area (TPSA) is 98.3 Å². The zero-order chi connectivity index (χ0) is 13.3. The van der Waals surface area contributed by atoms with Crippen LogP contribution in [0.1, 0.15) is 18.4 Å². The zero-order valence-electron chi connectivity index (χ0n) is 10.1. The zero-order valence-corrected chi connectivity index (χ0v) is 10.1. The van der Waals surface area contributed by atoms with Crippen molar-refractivity contribution >= 4 is 17.3 Å². The summed E-state index contributed by atoms with van der Waals surface area (Å²) in [7, 11) is 0. The first kappa shape index (κ1) is 12.5. The highest BCUT2D eigenvalue weighted by atomic mass is 16.6. The Morgan fingerprint density at radius 2 is 2.22 bits per heavy atom. The minimum Gasteiger partial charge on any atom is -0.329 e. The van der Waals surface area contributed by atoms with Crippen molar-refractivity contribution in [1.82, 2.24) is 0 Å². The Balaban J connectivity index is 2.21. The number of benzene rings is 1. The molecule has 0 spiro atoms. The van der Waals surface area contributed by atoms with Crippen LogP contribution in [0.4, 0.5) is 11.4 Å². The molecule has 1 saturated carbocycles. The van der Waals surface area contributed by atoms with Gasteiger partial charge in [0.05, 0.1) is 16.0 Å². The summed E-state index contributed by atoms with van der Waals surface area (Å²) in [4.78, 5) is 22.2. The molecule has 1 fully saturated rings. The largest absolute Gasteiger partial charge is 0.329 e. The fraction of sp³-hybridized carbons (Fsp3) is 0.417. The summed E-state index contributed by atoms with van der Waals surface area (Å²) in [5, 5.41) is 13.4. The van der Waals surface area contributed by atoms with Gasteiger partial charge in [-0.05, 0) is 25.3 Å². The number of anilines is 1. The van der Waals surface area contributed by atoms with Crippen LogP contribution in [-0.4, -0.2) is 17.4 Å². The number of amides is 1. The number of nitrogens with zero attached hydrogens (tertiary/aromatic N) is 1. The van der Waals surface area contributed by atoms with Crippen LogP contribution in [0.15, 0.2) is 18.2 Å². The summed E-state index contributed by atoms with van der Waals surface area (Å²) in [6.45, 7) is 2.11. The van der Waals surface area contributed by atoms with Crippen molar-refractivity contribution < 1.29 is 9.72 Å². The predicted octanol–water partition coefficient (Wildman–Crippen LogP) is 1.58. The molecule has 0 unspecified atom stereocenters. The summed E-state index contributed by atoms with van der Waals surface area (Å²) in [6, 6.07) is 4.41. The third-order valence-corrected chi connectivity index (χ3v) is 3.41. The molecule has 1 aromatic carbocycles. The molecule has 3 N–H and O–H groups in total. The van der Waals surface area contributed by atoms with Gasteiger partial charge in [0.2, 0.25) is 5.91 Å². The van der Waals surface area contributed by atoms with Crippen molar-refractivity contribution in [2.45, 2.75) is 19.8 Å². The minimum absolute atomic E-state index is 0.0338. The van der Waals surface area contributed by atoms with Crippen LogP contribution in [0.3, 0.4) is 0 Å². The Hall–Kier alpha value is -1.95. The first-order chi connectivity index (χ1) is 8.48. The van der Waals surface area contributed by atoms with E-state index in [4.69, 9.17) is 5.73 Å².